The van der Waals surface area contributed by atoms with Crippen molar-refractivity contribution in [1.29, 1.82) is 0 Å². The Bertz CT molecular complexity index is 694. The first-order valence-corrected chi connectivity index (χ1v) is 7.55. The molecule has 0 unspecified atom stereocenters. The van der Waals surface area contributed by atoms with Gasteiger partial charge in [-0.25, -0.2) is 0 Å². The van der Waals surface area contributed by atoms with E-state index in [9.17, 15) is 13.6 Å². The van der Waals surface area contributed by atoms with Gasteiger partial charge in [-0.2, -0.15) is 13.9 Å². The number of hydrogen-bond donors (Lipinski definition) is 1. The number of nitrogens with one attached hydrogen (secondary N) is 1. The van der Waals surface area contributed by atoms with Crippen molar-refractivity contribution in [3.8, 4) is 11.5 Å². The van der Waals surface area contributed by atoms with Crippen molar-refractivity contribution >= 4 is 17.5 Å². The van der Waals surface area contributed by atoms with E-state index in [1.807, 2.05) is 0 Å². The van der Waals surface area contributed by atoms with Gasteiger partial charge >= 0.3 is 6.61 Å². The number of carbonyl (C=O) groups excluding carboxylic acids is 1. The molecule has 0 fully saturated rings. The van der Waals surface area contributed by atoms with E-state index in [-0.39, 0.29) is 29.6 Å². The van der Waals surface area contributed by atoms with Gasteiger partial charge in [-0.05, 0) is 25.1 Å². The summed E-state index contributed by atoms with van der Waals surface area (Å²) in [5.41, 5.74) is 0.276. The molecule has 2 rings (SSSR count). The quantitative estimate of drug-likeness (QED) is 0.787. The molecule has 0 aliphatic heterocycles. The van der Waals surface area contributed by atoms with Crippen LogP contribution in [0.25, 0.3) is 0 Å². The molecular formula is C15H16ClF2N3O3. The van der Waals surface area contributed by atoms with Crippen LogP contribution in [0.3, 0.4) is 0 Å². The molecule has 0 aliphatic carbocycles. The maximum absolute atomic E-state index is 12.4. The van der Waals surface area contributed by atoms with Crippen molar-refractivity contribution in [1.82, 2.24) is 15.1 Å². The lowest BCUT2D eigenvalue weighted by molar-refractivity contribution is -0.0514. The van der Waals surface area contributed by atoms with Gasteiger partial charge in [0.05, 0.1) is 24.4 Å². The summed E-state index contributed by atoms with van der Waals surface area (Å²) in [6.07, 6.45) is 3.14. The van der Waals surface area contributed by atoms with Crippen LogP contribution >= 0.6 is 11.6 Å². The summed E-state index contributed by atoms with van der Waals surface area (Å²) in [5, 5.41) is 7.20. The Kier molecular flexibility index (Phi) is 6.36. The molecule has 9 heteroatoms. The zero-order valence-corrected chi connectivity index (χ0v) is 13.6. The van der Waals surface area contributed by atoms with Crippen molar-refractivity contribution in [3.63, 3.8) is 0 Å². The number of alkyl halides is 2. The monoisotopic (exact) mass is 359 g/mol. The zero-order valence-electron chi connectivity index (χ0n) is 12.8. The molecule has 0 atom stereocenters. The fraction of sp³-hybridized carbons (Fsp3) is 0.333. The SMILES string of the molecule is CCOc1cc(C(=O)NCCn2cc(Cl)cn2)ccc1OC(F)F. The van der Waals surface area contributed by atoms with E-state index >= 15 is 0 Å². The van der Waals surface area contributed by atoms with Gasteiger partial charge in [0.2, 0.25) is 0 Å². The smallest absolute Gasteiger partial charge is 0.387 e. The molecule has 0 radical (unpaired) electrons. The second-order valence-electron chi connectivity index (χ2n) is 4.65. The molecule has 0 saturated carbocycles. The normalized spacial score (nSPS) is 10.7. The van der Waals surface area contributed by atoms with E-state index in [4.69, 9.17) is 16.3 Å². The van der Waals surface area contributed by atoms with Gasteiger partial charge in [0, 0.05) is 18.3 Å². The van der Waals surface area contributed by atoms with Gasteiger partial charge in [0.1, 0.15) is 0 Å². The molecule has 0 bridgehead atoms. The molecular weight excluding hydrogens is 344 g/mol. The second kappa shape index (κ2) is 8.49. The Hall–Kier alpha value is -2.35. The standard InChI is InChI=1S/C15H16ClF2N3O3/c1-2-23-13-7-10(3-4-12(13)24-15(17)18)14(22)19-5-6-21-9-11(16)8-20-21/h3-4,7-9,15H,2,5-6H2,1H3,(H,19,22). The average molecular weight is 360 g/mol. The van der Waals surface area contributed by atoms with Crippen LogP contribution in [0.1, 0.15) is 17.3 Å². The van der Waals surface area contributed by atoms with Gasteiger partial charge in [-0.15, -0.1) is 0 Å². The largest absolute Gasteiger partial charge is 0.490 e. The minimum Gasteiger partial charge on any atom is -0.490 e. The fourth-order valence-electron chi connectivity index (χ4n) is 1.96. The predicted octanol–water partition coefficient (Wildman–Crippen LogP) is 2.97. The highest BCUT2D eigenvalue weighted by Gasteiger charge is 2.14. The van der Waals surface area contributed by atoms with Crippen LogP contribution in [-0.2, 0) is 6.54 Å². The van der Waals surface area contributed by atoms with Crippen LogP contribution in [0.5, 0.6) is 11.5 Å². The first-order chi connectivity index (χ1) is 11.5. The Morgan fingerprint density at radius 2 is 2.21 bits per heavy atom. The van der Waals surface area contributed by atoms with Gasteiger partial charge in [-0.3, -0.25) is 9.48 Å². The third-order valence-electron chi connectivity index (χ3n) is 2.95. The van der Waals surface area contributed by atoms with Crippen LogP contribution in [-0.4, -0.2) is 35.5 Å². The van der Waals surface area contributed by atoms with Gasteiger partial charge in [-0.1, -0.05) is 11.6 Å². The van der Waals surface area contributed by atoms with E-state index in [0.29, 0.717) is 18.1 Å². The number of hydrogen-bond acceptors (Lipinski definition) is 4. The first kappa shape index (κ1) is 18.0. The highest BCUT2D eigenvalue weighted by Crippen LogP contribution is 2.29. The number of rotatable bonds is 8. The summed E-state index contributed by atoms with van der Waals surface area (Å²) in [7, 11) is 0. The summed E-state index contributed by atoms with van der Waals surface area (Å²) in [6, 6.07) is 4.03. The maximum atomic E-state index is 12.4. The molecule has 0 aliphatic rings. The third-order valence-corrected chi connectivity index (χ3v) is 3.15. The van der Waals surface area contributed by atoms with Crippen molar-refractivity contribution in [2.75, 3.05) is 13.2 Å². The van der Waals surface area contributed by atoms with Gasteiger partial charge in [0.25, 0.3) is 5.91 Å². The average Bonchev–Trinajstić information content (AvgIpc) is 2.94. The van der Waals surface area contributed by atoms with Crippen LogP contribution in [0.2, 0.25) is 5.02 Å². The Morgan fingerprint density at radius 3 is 2.83 bits per heavy atom. The number of halogens is 3. The second-order valence-corrected chi connectivity index (χ2v) is 5.09. The van der Waals surface area contributed by atoms with Gasteiger partial charge in [0.15, 0.2) is 11.5 Å². The minimum absolute atomic E-state index is 0.0873. The molecule has 1 heterocycles. The highest BCUT2D eigenvalue weighted by molar-refractivity contribution is 6.30. The summed E-state index contributed by atoms with van der Waals surface area (Å²) < 4.78 is 35.9. The number of ether oxygens (including phenoxy) is 2. The van der Waals surface area contributed by atoms with Crippen LogP contribution in [0.4, 0.5) is 8.78 Å². The number of nitrogens with zero attached hydrogens (tertiary/aromatic N) is 2. The highest BCUT2D eigenvalue weighted by atomic mass is 35.5. The van der Waals surface area contributed by atoms with E-state index in [1.54, 1.807) is 17.8 Å². The van der Waals surface area contributed by atoms with E-state index < -0.39 is 6.61 Å². The van der Waals surface area contributed by atoms with Crippen molar-refractivity contribution in [2.24, 2.45) is 0 Å². The van der Waals surface area contributed by atoms with Gasteiger partial charge < -0.3 is 14.8 Å². The summed E-state index contributed by atoms with van der Waals surface area (Å²) in [4.78, 5) is 12.1. The van der Waals surface area contributed by atoms with Crippen LogP contribution in [0, 0.1) is 0 Å². The molecule has 6 nitrogen and oxygen atoms in total. The lowest BCUT2D eigenvalue weighted by Crippen LogP contribution is -2.27. The fourth-order valence-corrected chi connectivity index (χ4v) is 2.11. The number of benzene rings is 1. The number of amides is 1. The molecule has 1 amide bonds. The molecule has 130 valence electrons. The zero-order chi connectivity index (χ0) is 17.5. The molecule has 0 spiro atoms. The minimum atomic E-state index is -2.97. The van der Waals surface area contributed by atoms with Crippen LogP contribution < -0.4 is 14.8 Å². The van der Waals surface area contributed by atoms with Crippen molar-refractivity contribution < 1.29 is 23.0 Å². The molecule has 1 N–H and O–H groups in total. The Labute approximate surface area is 142 Å². The molecule has 1 aromatic heterocycles. The molecule has 2 aromatic rings. The summed E-state index contributed by atoms with van der Waals surface area (Å²) in [6.45, 7) is -0.233. The lowest BCUT2D eigenvalue weighted by atomic mass is 10.2. The van der Waals surface area contributed by atoms with Crippen LogP contribution in [0.15, 0.2) is 30.6 Å². The predicted molar refractivity (Wildman–Crippen MR) is 83.8 cm³/mol. The third kappa shape index (κ3) is 5.09. The topological polar surface area (TPSA) is 65.4 Å². The van der Waals surface area contributed by atoms with Crippen molar-refractivity contribution in [2.45, 2.75) is 20.1 Å². The number of aromatic nitrogens is 2. The summed E-state index contributed by atoms with van der Waals surface area (Å²) in [5.74, 6) is -0.392. The maximum Gasteiger partial charge on any atom is 0.387 e. The lowest BCUT2D eigenvalue weighted by Gasteiger charge is -2.12. The van der Waals surface area contributed by atoms with E-state index in [1.165, 1.54) is 24.4 Å². The molecule has 1 aromatic carbocycles. The van der Waals surface area contributed by atoms with E-state index in [0.717, 1.165) is 0 Å². The summed E-state index contributed by atoms with van der Waals surface area (Å²) >= 11 is 5.75. The van der Waals surface area contributed by atoms with E-state index in [2.05, 4.69) is 15.2 Å². The Morgan fingerprint density at radius 1 is 1.42 bits per heavy atom. The Balaban J connectivity index is 1.98. The first-order valence-electron chi connectivity index (χ1n) is 7.17. The molecule has 24 heavy (non-hydrogen) atoms. The molecule has 0 saturated heterocycles. The van der Waals surface area contributed by atoms with Crippen molar-refractivity contribution in [3.05, 3.63) is 41.2 Å². The number of carbonyl (C=O) groups is 1.